The fourth-order valence-electron chi connectivity index (χ4n) is 2.09. The van der Waals surface area contributed by atoms with Crippen LogP contribution in [0.4, 0.5) is 0 Å². The molecular formula is C12H13NO2. The highest BCUT2D eigenvalue weighted by Gasteiger charge is 2.38. The minimum absolute atomic E-state index is 0.0150. The van der Waals surface area contributed by atoms with E-state index in [1.807, 2.05) is 30.3 Å². The highest BCUT2D eigenvalue weighted by atomic mass is 16.2. The molecule has 3 nitrogen and oxygen atoms in total. The zero-order valence-corrected chi connectivity index (χ0v) is 8.59. The molecule has 0 saturated carbocycles. The minimum atomic E-state index is -0.502. The smallest absolute Gasteiger partial charge is 0.233 e. The maximum Gasteiger partial charge on any atom is 0.233 e. The van der Waals surface area contributed by atoms with Crippen LogP contribution in [-0.4, -0.2) is 30.7 Å². The highest BCUT2D eigenvalue weighted by molar-refractivity contribution is 5.94. The van der Waals surface area contributed by atoms with Crippen LogP contribution in [0.3, 0.4) is 0 Å². The van der Waals surface area contributed by atoms with E-state index < -0.39 is 5.92 Å². The summed E-state index contributed by atoms with van der Waals surface area (Å²) in [5.74, 6) is -0.558. The van der Waals surface area contributed by atoms with E-state index >= 15 is 0 Å². The molecular weight excluding hydrogens is 190 g/mol. The number of hydrogen-bond acceptors (Lipinski definition) is 2. The van der Waals surface area contributed by atoms with Crippen molar-refractivity contribution in [3.63, 3.8) is 0 Å². The summed E-state index contributed by atoms with van der Waals surface area (Å²) >= 11 is 0. The Kier molecular flexibility index (Phi) is 2.54. The van der Waals surface area contributed by atoms with Gasteiger partial charge in [0.2, 0.25) is 5.91 Å². The maximum atomic E-state index is 11.6. The zero-order chi connectivity index (χ0) is 10.8. The maximum absolute atomic E-state index is 11.6. The molecule has 15 heavy (non-hydrogen) atoms. The third kappa shape index (κ3) is 1.65. The number of benzene rings is 1. The van der Waals surface area contributed by atoms with Gasteiger partial charge in [0.25, 0.3) is 0 Å². The van der Waals surface area contributed by atoms with Gasteiger partial charge in [-0.3, -0.25) is 4.79 Å². The standard InChI is InChI=1S/C12H13NO2/c1-13-7-10(11(8-14)12(13)15)9-5-3-2-4-6-9/h2-6,8,10-11H,7H2,1H3. The number of nitrogens with zero attached hydrogens (tertiary/aromatic N) is 1. The largest absolute Gasteiger partial charge is 0.344 e. The summed E-state index contributed by atoms with van der Waals surface area (Å²) < 4.78 is 0. The molecule has 1 aromatic carbocycles. The Morgan fingerprint density at radius 3 is 2.60 bits per heavy atom. The Labute approximate surface area is 88.7 Å². The summed E-state index contributed by atoms with van der Waals surface area (Å²) in [6.07, 6.45) is 0.767. The molecule has 3 heteroatoms. The van der Waals surface area contributed by atoms with Gasteiger partial charge in [0.15, 0.2) is 0 Å². The minimum Gasteiger partial charge on any atom is -0.344 e. The van der Waals surface area contributed by atoms with Crippen molar-refractivity contribution < 1.29 is 9.59 Å². The number of likely N-dealkylation sites (N-methyl/N-ethyl adjacent to an activating group) is 1. The molecule has 1 aliphatic heterocycles. The average Bonchev–Trinajstić information content (AvgIpc) is 2.56. The Morgan fingerprint density at radius 2 is 2.00 bits per heavy atom. The predicted molar refractivity (Wildman–Crippen MR) is 56.4 cm³/mol. The molecule has 0 N–H and O–H groups in total. The molecule has 1 amide bonds. The molecule has 0 aromatic heterocycles. The lowest BCUT2D eigenvalue weighted by molar-refractivity contribution is -0.132. The fraction of sp³-hybridized carbons (Fsp3) is 0.333. The molecule has 0 bridgehead atoms. The van der Waals surface area contributed by atoms with Crippen molar-refractivity contribution in [3.05, 3.63) is 35.9 Å². The van der Waals surface area contributed by atoms with Gasteiger partial charge in [-0.05, 0) is 5.56 Å². The van der Waals surface area contributed by atoms with Gasteiger partial charge in [0.05, 0.1) is 0 Å². The van der Waals surface area contributed by atoms with Gasteiger partial charge in [-0.1, -0.05) is 30.3 Å². The van der Waals surface area contributed by atoms with Crippen LogP contribution < -0.4 is 0 Å². The molecule has 2 rings (SSSR count). The van der Waals surface area contributed by atoms with E-state index in [9.17, 15) is 9.59 Å². The molecule has 1 saturated heterocycles. The first-order valence-corrected chi connectivity index (χ1v) is 4.99. The van der Waals surface area contributed by atoms with E-state index in [2.05, 4.69) is 0 Å². The summed E-state index contributed by atoms with van der Waals surface area (Å²) in [6.45, 7) is 0.631. The molecule has 1 aliphatic rings. The summed E-state index contributed by atoms with van der Waals surface area (Å²) in [5.41, 5.74) is 1.06. The van der Waals surface area contributed by atoms with E-state index in [1.165, 1.54) is 0 Å². The molecule has 1 heterocycles. The van der Waals surface area contributed by atoms with Crippen LogP contribution in [0, 0.1) is 5.92 Å². The van der Waals surface area contributed by atoms with Crippen LogP contribution >= 0.6 is 0 Å². The predicted octanol–water partition coefficient (Wildman–Crippen LogP) is 1.06. The second-order valence-electron chi connectivity index (χ2n) is 3.90. The Bertz CT molecular complexity index is 374. The monoisotopic (exact) mass is 203 g/mol. The topological polar surface area (TPSA) is 37.4 Å². The van der Waals surface area contributed by atoms with Gasteiger partial charge >= 0.3 is 0 Å². The summed E-state index contributed by atoms with van der Waals surface area (Å²) in [5, 5.41) is 0. The van der Waals surface area contributed by atoms with Crippen molar-refractivity contribution in [2.45, 2.75) is 5.92 Å². The average molecular weight is 203 g/mol. The Morgan fingerprint density at radius 1 is 1.33 bits per heavy atom. The van der Waals surface area contributed by atoms with Crippen LogP contribution in [0.2, 0.25) is 0 Å². The van der Waals surface area contributed by atoms with Gasteiger partial charge in [-0.25, -0.2) is 0 Å². The van der Waals surface area contributed by atoms with E-state index in [-0.39, 0.29) is 11.8 Å². The van der Waals surface area contributed by atoms with Crippen LogP contribution in [-0.2, 0) is 9.59 Å². The van der Waals surface area contributed by atoms with E-state index in [0.717, 1.165) is 11.8 Å². The molecule has 1 aromatic rings. The number of carbonyl (C=O) groups is 2. The van der Waals surface area contributed by atoms with E-state index in [4.69, 9.17) is 0 Å². The molecule has 2 atom stereocenters. The molecule has 0 radical (unpaired) electrons. The number of likely N-dealkylation sites (tertiary alicyclic amines) is 1. The summed E-state index contributed by atoms with van der Waals surface area (Å²) in [4.78, 5) is 24.1. The van der Waals surface area contributed by atoms with Crippen LogP contribution in [0.5, 0.6) is 0 Å². The normalized spacial score (nSPS) is 25.7. The number of hydrogen-bond donors (Lipinski definition) is 0. The third-order valence-electron chi connectivity index (χ3n) is 2.94. The number of aldehydes is 1. The van der Waals surface area contributed by atoms with Crippen molar-refractivity contribution in [2.24, 2.45) is 5.92 Å². The molecule has 0 aliphatic carbocycles. The fourth-order valence-corrected chi connectivity index (χ4v) is 2.09. The molecule has 78 valence electrons. The van der Waals surface area contributed by atoms with Crippen molar-refractivity contribution >= 4 is 12.2 Å². The first-order chi connectivity index (χ1) is 7.24. The first-order valence-electron chi connectivity index (χ1n) is 4.99. The Balaban J connectivity index is 2.31. The van der Waals surface area contributed by atoms with Crippen LogP contribution in [0.15, 0.2) is 30.3 Å². The van der Waals surface area contributed by atoms with Gasteiger partial charge in [-0.15, -0.1) is 0 Å². The first kappa shape index (κ1) is 9.90. The number of amides is 1. The van der Waals surface area contributed by atoms with Crippen molar-refractivity contribution in [1.29, 1.82) is 0 Å². The Hall–Kier alpha value is -1.64. The van der Waals surface area contributed by atoms with Gasteiger partial charge < -0.3 is 9.69 Å². The van der Waals surface area contributed by atoms with Crippen molar-refractivity contribution in [1.82, 2.24) is 4.90 Å². The van der Waals surface area contributed by atoms with Crippen LogP contribution in [0.1, 0.15) is 11.5 Å². The molecule has 0 spiro atoms. The van der Waals surface area contributed by atoms with E-state index in [0.29, 0.717) is 6.54 Å². The quantitative estimate of drug-likeness (QED) is 0.532. The zero-order valence-electron chi connectivity index (χ0n) is 8.59. The second-order valence-corrected chi connectivity index (χ2v) is 3.90. The van der Waals surface area contributed by atoms with Gasteiger partial charge in [0.1, 0.15) is 12.2 Å². The molecule has 1 fully saturated rings. The van der Waals surface area contributed by atoms with E-state index in [1.54, 1.807) is 11.9 Å². The van der Waals surface area contributed by atoms with Crippen molar-refractivity contribution in [2.75, 3.05) is 13.6 Å². The summed E-state index contributed by atoms with van der Waals surface area (Å²) in [6, 6.07) is 9.72. The lowest BCUT2D eigenvalue weighted by atomic mass is 9.90. The number of carbonyl (C=O) groups excluding carboxylic acids is 2. The van der Waals surface area contributed by atoms with Crippen LogP contribution in [0.25, 0.3) is 0 Å². The lowest BCUT2D eigenvalue weighted by Gasteiger charge is -2.11. The SMILES string of the molecule is CN1CC(c2ccccc2)C(C=O)C1=O. The van der Waals surface area contributed by atoms with Crippen molar-refractivity contribution in [3.8, 4) is 0 Å². The summed E-state index contributed by atoms with van der Waals surface area (Å²) in [7, 11) is 1.74. The molecule has 2 unspecified atom stereocenters. The highest BCUT2D eigenvalue weighted by Crippen LogP contribution is 2.31. The van der Waals surface area contributed by atoms with Gasteiger partial charge in [-0.2, -0.15) is 0 Å². The van der Waals surface area contributed by atoms with Gasteiger partial charge in [0, 0.05) is 19.5 Å². The number of rotatable bonds is 2. The second kappa shape index (κ2) is 3.85. The lowest BCUT2D eigenvalue weighted by Crippen LogP contribution is -2.23. The third-order valence-corrected chi connectivity index (χ3v) is 2.94.